The van der Waals surface area contributed by atoms with E-state index in [4.69, 9.17) is 4.74 Å². The van der Waals surface area contributed by atoms with Crippen molar-refractivity contribution in [1.82, 2.24) is 9.97 Å². The summed E-state index contributed by atoms with van der Waals surface area (Å²) in [6.07, 6.45) is 5.90. The first-order valence-electron chi connectivity index (χ1n) is 7.54. The van der Waals surface area contributed by atoms with Gasteiger partial charge in [0.1, 0.15) is 0 Å². The van der Waals surface area contributed by atoms with Gasteiger partial charge in [0.25, 0.3) is 5.56 Å². The van der Waals surface area contributed by atoms with E-state index in [9.17, 15) is 9.59 Å². The van der Waals surface area contributed by atoms with E-state index in [-0.39, 0.29) is 17.3 Å². The van der Waals surface area contributed by atoms with E-state index >= 15 is 0 Å². The number of H-pyrrole nitrogens is 1. The highest BCUT2D eigenvalue weighted by atomic mass is 32.2. The van der Waals surface area contributed by atoms with E-state index in [1.807, 2.05) is 0 Å². The van der Waals surface area contributed by atoms with Gasteiger partial charge in [0.15, 0.2) is 5.16 Å². The first-order valence-corrected chi connectivity index (χ1v) is 8.53. The molecule has 0 aliphatic heterocycles. The second-order valence-corrected chi connectivity index (χ2v) is 5.83. The standard InChI is InChI=1S/C15H24N2O3S/c1-3-5-7-9-20-14(19)11-21-15-16-12(8-6-4-2)10-13(18)17-15/h10H,3-9,11H2,1-2H3,(H,16,17,18). The number of aryl methyl sites for hydroxylation is 1. The number of aromatic amines is 1. The largest absolute Gasteiger partial charge is 0.465 e. The molecule has 1 aromatic heterocycles. The summed E-state index contributed by atoms with van der Waals surface area (Å²) in [5.41, 5.74) is 0.606. The SMILES string of the molecule is CCCCCOC(=O)CSc1nc(CCCC)cc(=O)[nH]1. The lowest BCUT2D eigenvalue weighted by atomic mass is 10.2. The lowest BCUT2D eigenvalue weighted by molar-refractivity contribution is -0.140. The number of carbonyl (C=O) groups excluding carboxylic acids is 1. The molecule has 0 unspecified atom stereocenters. The predicted molar refractivity (Wildman–Crippen MR) is 84.7 cm³/mol. The zero-order chi connectivity index (χ0) is 15.5. The summed E-state index contributed by atoms with van der Waals surface area (Å²) in [7, 11) is 0. The van der Waals surface area contributed by atoms with E-state index < -0.39 is 0 Å². The molecule has 0 saturated heterocycles. The first kappa shape index (κ1) is 17.8. The molecule has 118 valence electrons. The second kappa shape index (κ2) is 10.4. The zero-order valence-electron chi connectivity index (χ0n) is 12.8. The Morgan fingerprint density at radius 2 is 2.05 bits per heavy atom. The fourth-order valence-electron chi connectivity index (χ4n) is 1.74. The monoisotopic (exact) mass is 312 g/mol. The van der Waals surface area contributed by atoms with Gasteiger partial charge < -0.3 is 9.72 Å². The Hall–Kier alpha value is -1.30. The van der Waals surface area contributed by atoms with Gasteiger partial charge in [-0.15, -0.1) is 0 Å². The van der Waals surface area contributed by atoms with Gasteiger partial charge in [0.05, 0.1) is 12.4 Å². The summed E-state index contributed by atoms with van der Waals surface area (Å²) >= 11 is 1.21. The van der Waals surface area contributed by atoms with Crippen LogP contribution in [0.5, 0.6) is 0 Å². The Labute approximate surface area is 129 Å². The number of hydrogen-bond acceptors (Lipinski definition) is 5. The molecule has 0 bridgehead atoms. The third-order valence-corrected chi connectivity index (χ3v) is 3.74. The van der Waals surface area contributed by atoms with Crippen LogP contribution in [0.4, 0.5) is 0 Å². The number of nitrogens with one attached hydrogen (secondary N) is 1. The van der Waals surface area contributed by atoms with E-state index in [0.717, 1.165) is 44.2 Å². The van der Waals surface area contributed by atoms with Gasteiger partial charge in [0, 0.05) is 11.8 Å². The topological polar surface area (TPSA) is 72.0 Å². The van der Waals surface area contributed by atoms with Crippen molar-refractivity contribution >= 4 is 17.7 Å². The minimum absolute atomic E-state index is 0.171. The molecule has 1 rings (SSSR count). The molecule has 21 heavy (non-hydrogen) atoms. The van der Waals surface area contributed by atoms with Crippen LogP contribution >= 0.6 is 11.8 Å². The van der Waals surface area contributed by atoms with E-state index in [2.05, 4.69) is 23.8 Å². The smallest absolute Gasteiger partial charge is 0.316 e. The number of thioether (sulfide) groups is 1. The molecule has 0 radical (unpaired) electrons. The number of unbranched alkanes of at least 4 members (excludes halogenated alkanes) is 3. The number of aromatic nitrogens is 2. The molecular weight excluding hydrogens is 288 g/mol. The maximum Gasteiger partial charge on any atom is 0.316 e. The van der Waals surface area contributed by atoms with Crippen molar-refractivity contribution in [3.05, 3.63) is 22.1 Å². The van der Waals surface area contributed by atoms with Crippen LogP contribution in [0.25, 0.3) is 0 Å². The van der Waals surface area contributed by atoms with Gasteiger partial charge in [-0.1, -0.05) is 44.9 Å². The number of hydrogen-bond donors (Lipinski definition) is 1. The van der Waals surface area contributed by atoms with Crippen LogP contribution < -0.4 is 5.56 Å². The van der Waals surface area contributed by atoms with Crippen LogP contribution in [0.15, 0.2) is 16.0 Å². The van der Waals surface area contributed by atoms with Crippen molar-refractivity contribution in [2.24, 2.45) is 0 Å². The third kappa shape index (κ3) is 7.90. The van der Waals surface area contributed by atoms with Crippen LogP contribution in [0.1, 0.15) is 51.6 Å². The Morgan fingerprint density at radius 1 is 1.29 bits per heavy atom. The molecule has 0 amide bonds. The lowest BCUT2D eigenvalue weighted by Gasteiger charge is -2.05. The van der Waals surface area contributed by atoms with E-state index in [1.165, 1.54) is 17.8 Å². The zero-order valence-corrected chi connectivity index (χ0v) is 13.6. The Bertz CT molecular complexity index is 488. The molecule has 0 saturated carbocycles. The van der Waals surface area contributed by atoms with Crippen molar-refractivity contribution in [2.45, 2.75) is 57.5 Å². The Morgan fingerprint density at radius 3 is 2.76 bits per heavy atom. The highest BCUT2D eigenvalue weighted by Crippen LogP contribution is 2.12. The summed E-state index contributed by atoms with van der Waals surface area (Å²) in [5, 5.41) is 0.485. The molecule has 1 N–H and O–H groups in total. The quantitative estimate of drug-likeness (QED) is 0.311. The maximum atomic E-state index is 11.6. The Kier molecular flexibility index (Phi) is 8.82. The number of esters is 1. The molecule has 0 aliphatic rings. The molecule has 0 spiro atoms. The summed E-state index contributed by atoms with van der Waals surface area (Å²) in [6, 6.07) is 1.52. The van der Waals surface area contributed by atoms with Crippen molar-refractivity contribution in [3.8, 4) is 0 Å². The van der Waals surface area contributed by atoms with Crippen molar-refractivity contribution in [1.29, 1.82) is 0 Å². The summed E-state index contributed by atoms with van der Waals surface area (Å²) < 4.78 is 5.11. The van der Waals surface area contributed by atoms with Gasteiger partial charge >= 0.3 is 5.97 Å². The van der Waals surface area contributed by atoms with E-state index in [0.29, 0.717) is 11.8 Å². The Balaban J connectivity index is 2.41. The van der Waals surface area contributed by atoms with Gasteiger partial charge in [-0.05, 0) is 19.3 Å². The van der Waals surface area contributed by atoms with Crippen molar-refractivity contribution in [2.75, 3.05) is 12.4 Å². The highest BCUT2D eigenvalue weighted by molar-refractivity contribution is 7.99. The number of nitrogens with zero attached hydrogens (tertiary/aromatic N) is 1. The normalized spacial score (nSPS) is 10.6. The van der Waals surface area contributed by atoms with Crippen LogP contribution in [0.2, 0.25) is 0 Å². The van der Waals surface area contributed by atoms with Crippen LogP contribution in [0, 0.1) is 0 Å². The van der Waals surface area contributed by atoms with Crippen LogP contribution in [0.3, 0.4) is 0 Å². The first-order chi connectivity index (χ1) is 10.2. The van der Waals surface area contributed by atoms with Crippen LogP contribution in [-0.4, -0.2) is 28.3 Å². The van der Waals surface area contributed by atoms with Gasteiger partial charge in [-0.3, -0.25) is 9.59 Å². The van der Waals surface area contributed by atoms with Crippen molar-refractivity contribution < 1.29 is 9.53 Å². The van der Waals surface area contributed by atoms with Gasteiger partial charge in [-0.25, -0.2) is 4.98 Å². The minimum atomic E-state index is -0.266. The number of rotatable bonds is 10. The molecule has 0 aromatic carbocycles. The summed E-state index contributed by atoms with van der Waals surface area (Å²) in [6.45, 7) is 4.66. The molecule has 6 heteroatoms. The van der Waals surface area contributed by atoms with Crippen molar-refractivity contribution in [3.63, 3.8) is 0 Å². The fraction of sp³-hybridized carbons (Fsp3) is 0.667. The highest BCUT2D eigenvalue weighted by Gasteiger charge is 2.07. The molecule has 5 nitrogen and oxygen atoms in total. The minimum Gasteiger partial charge on any atom is -0.465 e. The lowest BCUT2D eigenvalue weighted by Crippen LogP contribution is -2.12. The number of carbonyl (C=O) groups is 1. The molecule has 1 heterocycles. The predicted octanol–water partition coefficient (Wildman–Crippen LogP) is 2.94. The van der Waals surface area contributed by atoms with Gasteiger partial charge in [-0.2, -0.15) is 0 Å². The number of ether oxygens (including phenoxy) is 1. The second-order valence-electron chi connectivity index (χ2n) is 4.86. The average Bonchev–Trinajstić information content (AvgIpc) is 2.47. The van der Waals surface area contributed by atoms with Crippen LogP contribution in [-0.2, 0) is 16.0 Å². The molecule has 0 aliphatic carbocycles. The third-order valence-electron chi connectivity index (χ3n) is 2.90. The molecule has 0 fully saturated rings. The summed E-state index contributed by atoms with van der Waals surface area (Å²) in [5.74, 6) is -0.0931. The summed E-state index contributed by atoms with van der Waals surface area (Å²) in [4.78, 5) is 30.1. The average molecular weight is 312 g/mol. The molecule has 0 atom stereocenters. The van der Waals surface area contributed by atoms with Gasteiger partial charge in [0.2, 0.25) is 0 Å². The van der Waals surface area contributed by atoms with E-state index in [1.54, 1.807) is 0 Å². The molecular formula is C15H24N2O3S. The fourth-order valence-corrected chi connectivity index (χ4v) is 2.44. The maximum absolute atomic E-state index is 11.6. The molecule has 1 aromatic rings.